The van der Waals surface area contributed by atoms with E-state index in [0.717, 1.165) is 0 Å². The summed E-state index contributed by atoms with van der Waals surface area (Å²) in [5.41, 5.74) is 0. The Balaban J connectivity index is 2.62. The van der Waals surface area contributed by atoms with Gasteiger partial charge in [0.25, 0.3) is 0 Å². The molecule has 1 fully saturated rings. The highest BCUT2D eigenvalue weighted by Gasteiger charge is 2.35. The third kappa shape index (κ3) is 2.39. The van der Waals surface area contributed by atoms with Gasteiger partial charge in [-0.1, -0.05) is 0 Å². The summed E-state index contributed by atoms with van der Waals surface area (Å²) in [7, 11) is 0. The summed E-state index contributed by atoms with van der Waals surface area (Å²) in [6.45, 7) is 1.47. The number of aliphatic hydroxyl groups is 1. The number of thioether (sulfide) groups is 1. The minimum atomic E-state index is -0.867. The molecule has 14 heavy (non-hydrogen) atoms. The van der Waals surface area contributed by atoms with Crippen molar-refractivity contribution in [2.75, 3.05) is 12.0 Å². The molecule has 1 rings (SSSR count). The first kappa shape index (κ1) is 11.3. The molecule has 80 valence electrons. The van der Waals surface area contributed by atoms with Gasteiger partial charge in [-0.15, -0.1) is 0 Å². The van der Waals surface area contributed by atoms with Crippen molar-refractivity contribution in [1.29, 1.82) is 0 Å². The monoisotopic (exact) mass is 218 g/mol. The van der Waals surface area contributed by atoms with Crippen molar-refractivity contribution in [3.8, 4) is 0 Å². The Bertz CT molecular complexity index is 245. The van der Waals surface area contributed by atoms with E-state index < -0.39 is 18.2 Å². The molecule has 3 N–H and O–H groups in total. The van der Waals surface area contributed by atoms with Gasteiger partial charge >= 0.3 is 0 Å². The average Bonchev–Trinajstić information content (AvgIpc) is 2.10. The molecule has 0 bridgehead atoms. The highest BCUT2D eigenvalue weighted by atomic mass is 32.2. The minimum Gasteiger partial charge on any atom is -0.391 e. The van der Waals surface area contributed by atoms with Gasteiger partial charge in [0.1, 0.15) is 12.1 Å². The smallest absolute Gasteiger partial charge is 0.245 e. The molecule has 0 spiro atoms. The van der Waals surface area contributed by atoms with Gasteiger partial charge < -0.3 is 15.7 Å². The maximum atomic E-state index is 11.4. The Hall–Kier alpha value is -0.750. The fraction of sp³-hybridized carbons (Fsp3) is 0.750. The van der Waals surface area contributed by atoms with Gasteiger partial charge in [0, 0.05) is 5.75 Å². The van der Waals surface area contributed by atoms with E-state index in [1.165, 1.54) is 18.7 Å². The summed E-state index contributed by atoms with van der Waals surface area (Å²) in [4.78, 5) is 22.8. The summed E-state index contributed by atoms with van der Waals surface area (Å²) in [6.07, 6.45) is 0.995. The molecule has 0 radical (unpaired) electrons. The van der Waals surface area contributed by atoms with Crippen LogP contribution in [0.3, 0.4) is 0 Å². The van der Waals surface area contributed by atoms with Crippen LogP contribution in [0, 0.1) is 0 Å². The van der Waals surface area contributed by atoms with Gasteiger partial charge in [-0.2, -0.15) is 11.8 Å². The molecular formula is C8H14N2O3S. The predicted molar refractivity (Wildman–Crippen MR) is 53.9 cm³/mol. The van der Waals surface area contributed by atoms with Gasteiger partial charge in [0.2, 0.25) is 11.8 Å². The number of nitrogens with one attached hydrogen (secondary N) is 2. The van der Waals surface area contributed by atoms with Gasteiger partial charge in [-0.3, -0.25) is 9.59 Å². The summed E-state index contributed by atoms with van der Waals surface area (Å²) in [6, 6.07) is -1.30. The standard InChI is InChI=1S/C8H14N2O3S/c1-4(11)6-8(13)9-5(3-14-2)7(12)10-6/h4-6,11H,3H2,1-2H3,(H,9,13)(H,10,12). The molecule has 1 saturated heterocycles. The molecular weight excluding hydrogens is 204 g/mol. The van der Waals surface area contributed by atoms with Crippen molar-refractivity contribution < 1.29 is 14.7 Å². The van der Waals surface area contributed by atoms with Crippen LogP contribution in [0.1, 0.15) is 6.92 Å². The third-order valence-electron chi connectivity index (χ3n) is 2.03. The number of hydrogen-bond donors (Lipinski definition) is 3. The molecule has 0 aromatic rings. The number of carbonyl (C=O) groups excluding carboxylic acids is 2. The van der Waals surface area contributed by atoms with E-state index in [0.29, 0.717) is 5.75 Å². The first-order chi connectivity index (χ1) is 6.56. The topological polar surface area (TPSA) is 78.4 Å². The summed E-state index contributed by atoms with van der Waals surface area (Å²) < 4.78 is 0. The molecule has 3 unspecified atom stereocenters. The molecule has 0 aromatic heterocycles. The van der Waals surface area contributed by atoms with Crippen LogP contribution in [0.2, 0.25) is 0 Å². The lowest BCUT2D eigenvalue weighted by atomic mass is 10.1. The van der Waals surface area contributed by atoms with Crippen molar-refractivity contribution in [1.82, 2.24) is 10.6 Å². The van der Waals surface area contributed by atoms with Crippen molar-refractivity contribution in [2.24, 2.45) is 0 Å². The maximum absolute atomic E-state index is 11.4. The Labute approximate surface area is 86.6 Å². The van der Waals surface area contributed by atoms with E-state index in [1.807, 2.05) is 6.26 Å². The normalized spacial score (nSPS) is 29.4. The predicted octanol–water partition coefficient (Wildman–Crippen LogP) is -1.29. The van der Waals surface area contributed by atoms with Crippen LogP contribution < -0.4 is 10.6 Å². The van der Waals surface area contributed by atoms with Crippen LogP contribution in [0.5, 0.6) is 0 Å². The Morgan fingerprint density at radius 2 is 2.07 bits per heavy atom. The molecule has 0 saturated carbocycles. The second-order valence-corrected chi connectivity index (χ2v) is 4.15. The Morgan fingerprint density at radius 1 is 1.43 bits per heavy atom. The molecule has 1 aliphatic rings. The second-order valence-electron chi connectivity index (χ2n) is 3.24. The number of rotatable bonds is 3. The first-order valence-corrected chi connectivity index (χ1v) is 5.73. The fourth-order valence-corrected chi connectivity index (χ4v) is 1.84. The molecule has 6 heteroatoms. The largest absolute Gasteiger partial charge is 0.391 e. The van der Waals surface area contributed by atoms with Gasteiger partial charge in [0.15, 0.2) is 0 Å². The zero-order valence-corrected chi connectivity index (χ0v) is 8.93. The highest BCUT2D eigenvalue weighted by molar-refractivity contribution is 7.98. The van der Waals surface area contributed by atoms with Crippen LogP contribution in [-0.4, -0.2) is 47.1 Å². The van der Waals surface area contributed by atoms with Crippen LogP contribution in [0.15, 0.2) is 0 Å². The molecule has 2 amide bonds. The highest BCUT2D eigenvalue weighted by Crippen LogP contribution is 2.05. The van der Waals surface area contributed by atoms with Crippen LogP contribution in [0.25, 0.3) is 0 Å². The third-order valence-corrected chi connectivity index (χ3v) is 2.70. The average molecular weight is 218 g/mol. The lowest BCUT2D eigenvalue weighted by Gasteiger charge is -2.30. The van der Waals surface area contributed by atoms with Crippen molar-refractivity contribution in [3.63, 3.8) is 0 Å². The van der Waals surface area contributed by atoms with E-state index in [2.05, 4.69) is 10.6 Å². The number of hydrogen-bond acceptors (Lipinski definition) is 4. The van der Waals surface area contributed by atoms with Crippen molar-refractivity contribution >= 4 is 23.6 Å². The van der Waals surface area contributed by atoms with E-state index in [9.17, 15) is 14.7 Å². The minimum absolute atomic E-state index is 0.232. The first-order valence-electron chi connectivity index (χ1n) is 4.34. The quantitative estimate of drug-likeness (QED) is 0.551. The number of piperazine rings is 1. The Kier molecular flexibility index (Phi) is 3.77. The SMILES string of the molecule is CSCC1NC(=O)C(C(C)O)NC1=O. The van der Waals surface area contributed by atoms with Crippen LogP contribution in [-0.2, 0) is 9.59 Å². The molecule has 0 aliphatic carbocycles. The zero-order valence-electron chi connectivity index (χ0n) is 8.11. The van der Waals surface area contributed by atoms with Gasteiger partial charge in [-0.25, -0.2) is 0 Å². The fourth-order valence-electron chi connectivity index (χ4n) is 1.27. The van der Waals surface area contributed by atoms with Crippen molar-refractivity contribution in [2.45, 2.75) is 25.1 Å². The summed E-state index contributed by atoms with van der Waals surface area (Å²) in [5.74, 6) is -0.00658. The summed E-state index contributed by atoms with van der Waals surface area (Å²) in [5, 5.41) is 14.3. The molecule has 0 aromatic carbocycles. The molecule has 1 heterocycles. The van der Waals surface area contributed by atoms with Crippen LogP contribution >= 0.6 is 11.8 Å². The molecule has 3 atom stereocenters. The van der Waals surface area contributed by atoms with E-state index in [4.69, 9.17) is 0 Å². The lowest BCUT2D eigenvalue weighted by molar-refractivity contribution is -0.138. The Morgan fingerprint density at radius 3 is 2.57 bits per heavy atom. The zero-order chi connectivity index (χ0) is 10.7. The lowest BCUT2D eigenvalue weighted by Crippen LogP contribution is -2.65. The van der Waals surface area contributed by atoms with Gasteiger partial charge in [0.05, 0.1) is 6.10 Å². The van der Waals surface area contributed by atoms with E-state index >= 15 is 0 Å². The molecule has 1 aliphatic heterocycles. The maximum Gasteiger partial charge on any atom is 0.245 e. The van der Waals surface area contributed by atoms with Gasteiger partial charge in [-0.05, 0) is 13.2 Å². The van der Waals surface area contributed by atoms with Crippen LogP contribution in [0.4, 0.5) is 0 Å². The van der Waals surface area contributed by atoms with E-state index in [1.54, 1.807) is 0 Å². The number of carbonyl (C=O) groups is 2. The molecule has 5 nitrogen and oxygen atoms in total. The summed E-state index contributed by atoms with van der Waals surface area (Å²) >= 11 is 1.49. The number of amides is 2. The second kappa shape index (κ2) is 4.65. The number of aliphatic hydroxyl groups excluding tert-OH is 1. The van der Waals surface area contributed by atoms with E-state index in [-0.39, 0.29) is 11.8 Å². The van der Waals surface area contributed by atoms with Crippen molar-refractivity contribution in [3.05, 3.63) is 0 Å².